The number of benzene rings is 3. The molecule has 0 nitrogen and oxygen atoms in total. The molecule has 0 aliphatic carbocycles. The monoisotopic (exact) mass is 420 g/mol. The molecule has 1 unspecified atom stereocenters. The third-order valence-electron chi connectivity index (χ3n) is 4.85. The van der Waals surface area contributed by atoms with Gasteiger partial charge in [-0.25, -0.2) is 0 Å². The van der Waals surface area contributed by atoms with E-state index in [4.69, 9.17) is 0 Å². The van der Waals surface area contributed by atoms with Crippen LogP contribution in [0.4, 0.5) is 0 Å². The van der Waals surface area contributed by atoms with Crippen LogP contribution in [0.25, 0.3) is 0 Å². The molecule has 0 aromatic heterocycles. The Bertz CT molecular complexity index is 679. The zero-order chi connectivity index (χ0) is 16.8. The van der Waals surface area contributed by atoms with Crippen molar-refractivity contribution >= 4 is 29.1 Å². The van der Waals surface area contributed by atoms with Crippen molar-refractivity contribution in [3.05, 3.63) is 103 Å². The minimum absolute atomic E-state index is 0.538. The molecule has 3 aromatic carbocycles. The topological polar surface area (TPSA) is 0 Å². The zero-order valence-corrected chi connectivity index (χ0v) is 17.2. The van der Waals surface area contributed by atoms with E-state index in [-0.39, 0.29) is 0 Å². The molecule has 24 heavy (non-hydrogen) atoms. The van der Waals surface area contributed by atoms with Gasteiger partial charge >= 0.3 is 150 Å². The molecule has 1 heteroatoms. The molecule has 0 N–H and O–H groups in total. The molecule has 0 amide bonds. The number of hydrogen-bond acceptors (Lipinski definition) is 0. The van der Waals surface area contributed by atoms with E-state index in [9.17, 15) is 0 Å². The first-order valence-corrected chi connectivity index (χ1v) is 14.5. The third-order valence-corrected chi connectivity index (χ3v) is 20.0. The van der Waals surface area contributed by atoms with Crippen molar-refractivity contribution in [3.8, 4) is 0 Å². The molecule has 3 rings (SSSR count). The molecule has 1 atom stereocenters. The van der Waals surface area contributed by atoms with Gasteiger partial charge in [0, 0.05) is 0 Å². The summed E-state index contributed by atoms with van der Waals surface area (Å²) in [6, 6.07) is 33.6. The zero-order valence-electron chi connectivity index (χ0n) is 14.4. The van der Waals surface area contributed by atoms with Crippen LogP contribution in [0.3, 0.4) is 0 Å². The molecule has 120 valence electrons. The molecule has 3 aromatic rings. The Labute approximate surface area is 149 Å². The van der Waals surface area contributed by atoms with Crippen LogP contribution in [0.5, 0.6) is 0 Å². The first-order valence-electron chi connectivity index (χ1n) is 8.59. The second-order valence-electron chi connectivity index (χ2n) is 6.22. The molecule has 0 aliphatic rings. The van der Waals surface area contributed by atoms with Crippen molar-refractivity contribution in [2.75, 3.05) is 0 Å². The summed E-state index contributed by atoms with van der Waals surface area (Å²) in [5.41, 5.74) is 0. The molecule has 0 heterocycles. The van der Waals surface area contributed by atoms with Crippen molar-refractivity contribution in [3.63, 3.8) is 0 Å². The molecule has 0 saturated heterocycles. The van der Waals surface area contributed by atoms with Gasteiger partial charge in [0.1, 0.15) is 0 Å². The van der Waals surface area contributed by atoms with Gasteiger partial charge in [-0.15, -0.1) is 0 Å². The molecule has 0 bridgehead atoms. The standard InChI is InChI=1S/3C6H5.C5H9.Sn/c3*1-2-4-6-5-3-1;1-3-5-4-2;/h3*1-5H;3-5H,1-2H3;/b;;;5-3+;. The quantitative estimate of drug-likeness (QED) is 0.431. The Kier molecular flexibility index (Phi) is 5.57. The predicted octanol–water partition coefficient (Wildman–Crippen LogP) is 4.12. The summed E-state index contributed by atoms with van der Waals surface area (Å²) in [4.78, 5) is 0. The van der Waals surface area contributed by atoms with E-state index in [1.807, 2.05) is 0 Å². The Morgan fingerprint density at radius 1 is 0.625 bits per heavy atom. The van der Waals surface area contributed by atoms with Crippen LogP contribution < -0.4 is 10.7 Å². The van der Waals surface area contributed by atoms with Gasteiger partial charge in [-0.2, -0.15) is 0 Å². The maximum absolute atomic E-state index is 3.13. The van der Waals surface area contributed by atoms with Gasteiger partial charge in [-0.3, -0.25) is 0 Å². The fourth-order valence-corrected chi connectivity index (χ4v) is 18.7. The normalized spacial score (nSPS) is 13.1. The average Bonchev–Trinajstić information content (AvgIpc) is 2.65. The van der Waals surface area contributed by atoms with Gasteiger partial charge in [-0.1, -0.05) is 0 Å². The van der Waals surface area contributed by atoms with Crippen LogP contribution in [-0.4, -0.2) is 18.4 Å². The van der Waals surface area contributed by atoms with E-state index in [1.165, 1.54) is 10.7 Å². The Morgan fingerprint density at radius 2 is 0.958 bits per heavy atom. The first kappa shape index (κ1) is 17.0. The first-order chi connectivity index (χ1) is 11.8. The van der Waals surface area contributed by atoms with Crippen LogP contribution in [0.2, 0.25) is 3.93 Å². The van der Waals surface area contributed by atoms with Gasteiger partial charge in [0.25, 0.3) is 0 Å². The number of hydrogen-bond donors (Lipinski definition) is 0. The van der Waals surface area contributed by atoms with Crippen molar-refractivity contribution < 1.29 is 0 Å². The summed E-state index contributed by atoms with van der Waals surface area (Å²) in [5, 5.41) is 0. The van der Waals surface area contributed by atoms with Crippen LogP contribution in [-0.2, 0) is 0 Å². The van der Waals surface area contributed by atoms with E-state index in [0.29, 0.717) is 3.93 Å². The van der Waals surface area contributed by atoms with Crippen molar-refractivity contribution in [1.82, 2.24) is 0 Å². The summed E-state index contributed by atoms with van der Waals surface area (Å²) < 4.78 is 5.15. The van der Waals surface area contributed by atoms with E-state index in [1.54, 1.807) is 0 Å². The van der Waals surface area contributed by atoms with Crippen LogP contribution in [0.1, 0.15) is 13.8 Å². The molecule has 0 spiro atoms. The summed E-state index contributed by atoms with van der Waals surface area (Å²) in [6.45, 7) is 4.54. The second kappa shape index (κ2) is 7.85. The number of rotatable bonds is 5. The van der Waals surface area contributed by atoms with Crippen molar-refractivity contribution in [2.24, 2.45) is 0 Å². The van der Waals surface area contributed by atoms with Gasteiger partial charge < -0.3 is 0 Å². The summed E-state index contributed by atoms with van der Waals surface area (Å²) >= 11 is -3.13. The molecule has 0 fully saturated rings. The van der Waals surface area contributed by atoms with Crippen molar-refractivity contribution in [1.29, 1.82) is 0 Å². The summed E-state index contributed by atoms with van der Waals surface area (Å²) in [7, 11) is 0. The predicted molar refractivity (Wildman–Crippen MR) is 108 cm³/mol. The van der Waals surface area contributed by atoms with E-state index < -0.39 is 18.4 Å². The summed E-state index contributed by atoms with van der Waals surface area (Å²) in [6.07, 6.45) is 4.62. The Hall–Kier alpha value is -1.80. The van der Waals surface area contributed by atoms with E-state index in [2.05, 4.69) is 117 Å². The van der Waals surface area contributed by atoms with Gasteiger partial charge in [0.05, 0.1) is 0 Å². The van der Waals surface area contributed by atoms with E-state index >= 15 is 0 Å². The Morgan fingerprint density at radius 3 is 1.25 bits per heavy atom. The fourth-order valence-electron chi connectivity index (χ4n) is 3.82. The van der Waals surface area contributed by atoms with Gasteiger partial charge in [0.2, 0.25) is 0 Å². The average molecular weight is 419 g/mol. The van der Waals surface area contributed by atoms with Crippen LogP contribution >= 0.6 is 0 Å². The third kappa shape index (κ3) is 3.08. The maximum atomic E-state index is 2.41. The molecule has 0 radical (unpaired) electrons. The minimum atomic E-state index is -3.13. The number of allylic oxidation sites excluding steroid dienone is 2. The SMILES string of the molecule is C/C=C/[CH](C)[Sn]([c]1ccccc1)([c]1ccccc1)[c]1ccccc1. The van der Waals surface area contributed by atoms with Crippen LogP contribution in [0.15, 0.2) is 103 Å². The molecular weight excluding hydrogens is 395 g/mol. The fraction of sp³-hybridized carbons (Fsp3) is 0.130. The van der Waals surface area contributed by atoms with Gasteiger partial charge in [0.15, 0.2) is 0 Å². The molecule has 0 aliphatic heterocycles. The molecule has 0 saturated carbocycles. The Balaban J connectivity index is 2.37. The van der Waals surface area contributed by atoms with E-state index in [0.717, 1.165) is 0 Å². The van der Waals surface area contributed by atoms with Crippen LogP contribution in [0, 0.1) is 0 Å². The summed E-state index contributed by atoms with van der Waals surface area (Å²) in [5.74, 6) is 0. The molecular formula is C23H24Sn. The van der Waals surface area contributed by atoms with Gasteiger partial charge in [-0.05, 0) is 0 Å². The van der Waals surface area contributed by atoms with Crippen molar-refractivity contribution in [2.45, 2.75) is 17.8 Å². The second-order valence-corrected chi connectivity index (χ2v) is 18.4.